The van der Waals surface area contributed by atoms with E-state index in [1.807, 2.05) is 0 Å². The topological polar surface area (TPSA) is 117 Å². The molecule has 1 heterocycles. The van der Waals surface area contributed by atoms with Gasteiger partial charge in [0.25, 0.3) is 0 Å². The fraction of sp³-hybridized carbons (Fsp3) is 0.455. The van der Waals surface area contributed by atoms with E-state index in [-0.39, 0.29) is 17.1 Å². The van der Waals surface area contributed by atoms with E-state index in [1.165, 1.54) is 32.2 Å². The fourth-order valence-electron chi connectivity index (χ4n) is 1.17. The lowest BCUT2D eigenvalue weighted by molar-refractivity contribution is 0.537. The quantitative estimate of drug-likeness (QED) is 0.820. The van der Waals surface area contributed by atoms with E-state index in [0.717, 1.165) is 6.26 Å². The molecule has 0 bridgehead atoms. The van der Waals surface area contributed by atoms with Gasteiger partial charge in [-0.25, -0.2) is 26.5 Å². The Morgan fingerprint density at radius 3 is 2.45 bits per heavy atom. The summed E-state index contributed by atoms with van der Waals surface area (Å²) in [7, 11) is -7.43. The second-order valence-corrected chi connectivity index (χ2v) is 9.20. The van der Waals surface area contributed by atoms with Crippen LogP contribution in [0.2, 0.25) is 0 Å². The van der Waals surface area contributed by atoms with Gasteiger partial charge in [0, 0.05) is 19.0 Å². The first-order valence-electron chi connectivity index (χ1n) is 5.56. The molecule has 9 heteroatoms. The van der Waals surface area contributed by atoms with Crippen LogP contribution in [0.3, 0.4) is 0 Å². The van der Waals surface area contributed by atoms with Gasteiger partial charge in [0.15, 0.2) is 15.5 Å². The van der Waals surface area contributed by atoms with Gasteiger partial charge in [0.2, 0.25) is 10.0 Å². The molecule has 0 aromatic carbocycles. The minimum atomic E-state index is -4.00. The molecule has 110 valence electrons. The molecule has 1 aromatic heterocycles. The van der Waals surface area contributed by atoms with E-state index < -0.39 is 24.6 Å². The van der Waals surface area contributed by atoms with Crippen molar-refractivity contribution in [3.63, 3.8) is 0 Å². The maximum absolute atomic E-state index is 12.1. The van der Waals surface area contributed by atoms with Crippen LogP contribution in [-0.2, 0) is 19.9 Å². The minimum Gasteiger partial charge on any atom is -0.244 e. The van der Waals surface area contributed by atoms with Gasteiger partial charge in [-0.05, 0) is 26.0 Å². The predicted molar refractivity (Wildman–Crippen MR) is 73.1 cm³/mol. The van der Waals surface area contributed by atoms with Crippen molar-refractivity contribution in [1.82, 2.24) is 9.71 Å². The molecule has 0 amide bonds. The zero-order valence-corrected chi connectivity index (χ0v) is 12.9. The number of nitrogens with one attached hydrogen (secondary N) is 1. The third-order valence-electron chi connectivity index (χ3n) is 2.86. The molecule has 1 rings (SSSR count). The molecule has 1 aromatic rings. The van der Waals surface area contributed by atoms with Crippen molar-refractivity contribution < 1.29 is 16.8 Å². The molecule has 0 spiro atoms. The summed E-state index contributed by atoms with van der Waals surface area (Å²) in [6.45, 7) is 2.53. The number of nitriles is 1. The summed E-state index contributed by atoms with van der Waals surface area (Å²) in [5, 5.41) is 8.84. The molecule has 7 nitrogen and oxygen atoms in total. The first-order chi connectivity index (χ1) is 9.01. The smallest absolute Gasteiger partial charge is 0.243 e. The highest BCUT2D eigenvalue weighted by Gasteiger charge is 2.32. The van der Waals surface area contributed by atoms with Gasteiger partial charge in [-0.2, -0.15) is 5.26 Å². The Morgan fingerprint density at radius 1 is 1.35 bits per heavy atom. The molecule has 0 fully saturated rings. The molecule has 0 atom stereocenters. The van der Waals surface area contributed by atoms with Crippen LogP contribution in [0.1, 0.15) is 19.5 Å². The Labute approximate surface area is 118 Å². The lowest BCUT2D eigenvalue weighted by atomic mass is 10.2. The Morgan fingerprint density at radius 2 is 1.95 bits per heavy atom. The molecular weight excluding hydrogens is 302 g/mol. The second kappa shape index (κ2) is 5.47. The highest BCUT2D eigenvalue weighted by molar-refractivity contribution is 7.92. The maximum Gasteiger partial charge on any atom is 0.243 e. The summed E-state index contributed by atoms with van der Waals surface area (Å²) in [4.78, 5) is 3.39. The predicted octanol–water partition coefficient (Wildman–Crippen LogP) is 0.0548. The molecule has 1 N–H and O–H groups in total. The van der Waals surface area contributed by atoms with Crippen molar-refractivity contribution in [3.8, 4) is 6.07 Å². The maximum atomic E-state index is 12.1. The molecular formula is C11H15N3O4S2. The summed E-state index contributed by atoms with van der Waals surface area (Å²) in [5.74, 6) is 0. The number of sulfone groups is 1. The standard InChI is InChI=1S/C11H15N3O4S2/c1-11(2,19(3,15)16)8-14-20(17,18)10-5-4-6-13-9(10)7-12/h4-6,14H,8H2,1-3H3. The van der Waals surface area contributed by atoms with Crippen molar-refractivity contribution in [1.29, 1.82) is 5.26 Å². The van der Waals surface area contributed by atoms with Crippen LogP contribution in [0.4, 0.5) is 0 Å². The Balaban J connectivity index is 3.07. The number of hydrogen-bond acceptors (Lipinski definition) is 6. The lowest BCUT2D eigenvalue weighted by Crippen LogP contribution is -2.43. The van der Waals surface area contributed by atoms with E-state index >= 15 is 0 Å². The monoisotopic (exact) mass is 317 g/mol. The number of sulfonamides is 1. The number of rotatable bonds is 5. The van der Waals surface area contributed by atoms with Crippen molar-refractivity contribution in [2.45, 2.75) is 23.5 Å². The van der Waals surface area contributed by atoms with E-state index in [0.29, 0.717) is 0 Å². The third-order valence-corrected chi connectivity index (χ3v) is 6.44. The zero-order valence-electron chi connectivity index (χ0n) is 11.3. The molecule has 0 radical (unpaired) electrons. The van der Waals surface area contributed by atoms with Gasteiger partial charge >= 0.3 is 0 Å². The van der Waals surface area contributed by atoms with Crippen molar-refractivity contribution in [2.75, 3.05) is 12.8 Å². The molecule has 0 unspecified atom stereocenters. The van der Waals surface area contributed by atoms with Gasteiger partial charge in [0.05, 0.1) is 4.75 Å². The summed E-state index contributed by atoms with van der Waals surface area (Å²) in [6, 6.07) is 4.30. The van der Waals surface area contributed by atoms with E-state index in [2.05, 4.69) is 9.71 Å². The van der Waals surface area contributed by atoms with Gasteiger partial charge in [0.1, 0.15) is 11.0 Å². The van der Waals surface area contributed by atoms with Crippen molar-refractivity contribution in [2.24, 2.45) is 0 Å². The van der Waals surface area contributed by atoms with Gasteiger partial charge in [-0.1, -0.05) is 0 Å². The Hall–Kier alpha value is -1.50. The van der Waals surface area contributed by atoms with Gasteiger partial charge < -0.3 is 0 Å². The SMILES string of the molecule is CC(C)(CNS(=O)(=O)c1cccnc1C#N)S(C)(=O)=O. The van der Waals surface area contributed by atoms with E-state index in [4.69, 9.17) is 5.26 Å². The first kappa shape index (κ1) is 16.6. The number of hydrogen-bond donors (Lipinski definition) is 1. The Bertz CT molecular complexity index is 746. The van der Waals surface area contributed by atoms with Crippen LogP contribution in [0.5, 0.6) is 0 Å². The molecule has 0 aliphatic carbocycles. The molecule has 0 saturated carbocycles. The van der Waals surface area contributed by atoms with Gasteiger partial charge in [-0.15, -0.1) is 0 Å². The van der Waals surface area contributed by atoms with Gasteiger partial charge in [-0.3, -0.25) is 0 Å². The minimum absolute atomic E-state index is 0.239. The molecule has 20 heavy (non-hydrogen) atoms. The Kier molecular flexibility index (Phi) is 4.53. The van der Waals surface area contributed by atoms with Crippen LogP contribution in [-0.4, -0.2) is 39.4 Å². The number of pyridine rings is 1. The molecule has 0 saturated heterocycles. The summed E-state index contributed by atoms with van der Waals surface area (Å²) in [5.41, 5.74) is -0.239. The molecule has 0 aliphatic heterocycles. The van der Waals surface area contributed by atoms with Crippen molar-refractivity contribution >= 4 is 19.9 Å². The largest absolute Gasteiger partial charge is 0.244 e. The van der Waals surface area contributed by atoms with E-state index in [9.17, 15) is 16.8 Å². The van der Waals surface area contributed by atoms with Crippen LogP contribution in [0.15, 0.2) is 23.2 Å². The van der Waals surface area contributed by atoms with Crippen LogP contribution in [0, 0.1) is 11.3 Å². The summed E-state index contributed by atoms with van der Waals surface area (Å²) >= 11 is 0. The number of nitrogens with zero attached hydrogens (tertiary/aromatic N) is 2. The fourth-order valence-corrected chi connectivity index (χ4v) is 2.91. The van der Waals surface area contributed by atoms with Crippen molar-refractivity contribution in [3.05, 3.63) is 24.0 Å². The summed E-state index contributed by atoms with van der Waals surface area (Å²) in [6.07, 6.45) is 2.34. The molecule has 0 aliphatic rings. The lowest BCUT2D eigenvalue weighted by Gasteiger charge is -2.22. The highest BCUT2D eigenvalue weighted by Crippen LogP contribution is 2.16. The second-order valence-electron chi connectivity index (χ2n) is 4.82. The first-order valence-corrected chi connectivity index (χ1v) is 8.93. The normalized spacial score (nSPS) is 12.9. The average Bonchev–Trinajstić information content (AvgIpc) is 2.35. The van der Waals surface area contributed by atoms with Crippen LogP contribution >= 0.6 is 0 Å². The third kappa shape index (κ3) is 3.53. The van der Waals surface area contributed by atoms with E-state index in [1.54, 1.807) is 6.07 Å². The zero-order chi connectivity index (χ0) is 15.6. The highest BCUT2D eigenvalue weighted by atomic mass is 32.2. The van der Waals surface area contributed by atoms with Crippen LogP contribution < -0.4 is 4.72 Å². The number of aromatic nitrogens is 1. The summed E-state index contributed by atoms with van der Waals surface area (Å²) < 4.78 is 48.2. The van der Waals surface area contributed by atoms with Crippen LogP contribution in [0.25, 0.3) is 0 Å². The average molecular weight is 317 g/mol.